The second-order valence-corrected chi connectivity index (χ2v) is 6.87. The largest absolute Gasteiger partial charge is 0.326 e. The van der Waals surface area contributed by atoms with Crippen LogP contribution in [-0.2, 0) is 4.79 Å². The molecule has 1 aromatic carbocycles. The monoisotopic (exact) mass is 317 g/mol. The molecule has 0 spiro atoms. The van der Waals surface area contributed by atoms with Crippen molar-refractivity contribution in [1.29, 1.82) is 0 Å². The molecular weight excluding hydrogens is 298 g/mol. The fraction of sp³-hybridized carbons (Fsp3) is 0.353. The number of halogens is 1. The van der Waals surface area contributed by atoms with Crippen molar-refractivity contribution in [2.24, 2.45) is 5.41 Å². The molecule has 0 radical (unpaired) electrons. The molecule has 0 saturated carbocycles. The highest BCUT2D eigenvalue weighted by Crippen LogP contribution is 2.24. The first-order valence-electron chi connectivity index (χ1n) is 7.14. The Hall–Kier alpha value is -1.94. The van der Waals surface area contributed by atoms with Crippen LogP contribution < -0.4 is 5.32 Å². The van der Waals surface area contributed by atoms with E-state index >= 15 is 0 Å². The van der Waals surface area contributed by atoms with Gasteiger partial charge in [0.05, 0.1) is 5.69 Å². The maximum Gasteiger partial charge on any atom is 0.224 e. The standard InChI is InChI=1S/C17H20ClN3O/c1-11-10-19-16(18)21-15(11)12-5-7-13(8-6-12)20-14(22)9-17(2,3)4/h5-8,10H,9H2,1-4H3,(H,20,22). The molecule has 1 heterocycles. The van der Waals surface area contributed by atoms with E-state index in [1.807, 2.05) is 52.0 Å². The van der Waals surface area contributed by atoms with Crippen molar-refractivity contribution in [1.82, 2.24) is 9.97 Å². The zero-order valence-corrected chi connectivity index (χ0v) is 14.0. The Morgan fingerprint density at radius 1 is 1.23 bits per heavy atom. The van der Waals surface area contributed by atoms with Gasteiger partial charge in [-0.25, -0.2) is 9.97 Å². The van der Waals surface area contributed by atoms with E-state index in [0.717, 1.165) is 22.5 Å². The van der Waals surface area contributed by atoms with Crippen molar-refractivity contribution < 1.29 is 4.79 Å². The maximum absolute atomic E-state index is 11.9. The van der Waals surface area contributed by atoms with Gasteiger partial charge in [0.2, 0.25) is 11.2 Å². The topological polar surface area (TPSA) is 54.9 Å². The van der Waals surface area contributed by atoms with Crippen molar-refractivity contribution in [2.75, 3.05) is 5.32 Å². The summed E-state index contributed by atoms with van der Waals surface area (Å²) < 4.78 is 0. The number of nitrogens with zero attached hydrogens (tertiary/aromatic N) is 2. The summed E-state index contributed by atoms with van der Waals surface area (Å²) in [6.45, 7) is 8.05. The molecule has 0 aliphatic carbocycles. The van der Waals surface area contributed by atoms with Gasteiger partial charge in [-0.05, 0) is 41.6 Å². The van der Waals surface area contributed by atoms with Gasteiger partial charge in [-0.15, -0.1) is 0 Å². The number of carbonyl (C=O) groups excluding carboxylic acids is 1. The van der Waals surface area contributed by atoms with Crippen LogP contribution in [0, 0.1) is 12.3 Å². The summed E-state index contributed by atoms with van der Waals surface area (Å²) >= 11 is 5.85. The lowest BCUT2D eigenvalue weighted by Crippen LogP contribution is -2.19. The zero-order chi connectivity index (χ0) is 16.3. The number of hydrogen-bond donors (Lipinski definition) is 1. The van der Waals surface area contributed by atoms with Crippen molar-refractivity contribution in [3.05, 3.63) is 41.3 Å². The number of nitrogens with one attached hydrogen (secondary N) is 1. The average Bonchev–Trinajstić information content (AvgIpc) is 2.40. The molecule has 0 aliphatic rings. The van der Waals surface area contributed by atoms with Crippen LogP contribution in [0.5, 0.6) is 0 Å². The van der Waals surface area contributed by atoms with Crippen LogP contribution >= 0.6 is 11.6 Å². The van der Waals surface area contributed by atoms with Gasteiger partial charge in [0.1, 0.15) is 0 Å². The summed E-state index contributed by atoms with van der Waals surface area (Å²) in [7, 11) is 0. The fourth-order valence-corrected chi connectivity index (χ4v) is 2.24. The third kappa shape index (κ3) is 4.53. The minimum absolute atomic E-state index is 0.0153. The number of aryl methyl sites for hydroxylation is 1. The van der Waals surface area contributed by atoms with Crippen LogP contribution in [0.4, 0.5) is 5.69 Å². The van der Waals surface area contributed by atoms with Crippen LogP contribution in [0.3, 0.4) is 0 Å². The molecule has 0 aliphatic heterocycles. The number of aromatic nitrogens is 2. The van der Waals surface area contributed by atoms with Crippen LogP contribution in [0.2, 0.25) is 5.28 Å². The molecule has 1 amide bonds. The van der Waals surface area contributed by atoms with E-state index in [1.165, 1.54) is 0 Å². The highest BCUT2D eigenvalue weighted by molar-refractivity contribution is 6.28. The van der Waals surface area contributed by atoms with E-state index in [4.69, 9.17) is 11.6 Å². The first kappa shape index (κ1) is 16.4. The van der Waals surface area contributed by atoms with E-state index in [-0.39, 0.29) is 16.6 Å². The Morgan fingerprint density at radius 2 is 1.86 bits per heavy atom. The minimum atomic E-state index is -0.0289. The molecule has 5 heteroatoms. The van der Waals surface area contributed by atoms with Crippen LogP contribution in [0.15, 0.2) is 30.5 Å². The third-order valence-corrected chi connectivity index (χ3v) is 3.26. The second kappa shape index (κ2) is 6.44. The van der Waals surface area contributed by atoms with Crippen molar-refractivity contribution in [2.45, 2.75) is 34.1 Å². The van der Waals surface area contributed by atoms with E-state index < -0.39 is 0 Å². The molecular formula is C17H20ClN3O. The molecule has 4 nitrogen and oxygen atoms in total. The predicted octanol–water partition coefficient (Wildman–Crippen LogP) is 4.48. The summed E-state index contributed by atoms with van der Waals surface area (Å²) in [4.78, 5) is 20.1. The van der Waals surface area contributed by atoms with E-state index in [9.17, 15) is 4.79 Å². The second-order valence-electron chi connectivity index (χ2n) is 6.53. The minimum Gasteiger partial charge on any atom is -0.326 e. The summed E-state index contributed by atoms with van der Waals surface area (Å²) in [6, 6.07) is 7.56. The lowest BCUT2D eigenvalue weighted by atomic mass is 9.92. The van der Waals surface area contributed by atoms with Gasteiger partial charge in [0, 0.05) is 23.9 Å². The van der Waals surface area contributed by atoms with Gasteiger partial charge >= 0.3 is 0 Å². The number of amides is 1. The van der Waals surface area contributed by atoms with Crippen molar-refractivity contribution in [3.63, 3.8) is 0 Å². The SMILES string of the molecule is Cc1cnc(Cl)nc1-c1ccc(NC(=O)CC(C)(C)C)cc1. The van der Waals surface area contributed by atoms with Gasteiger partial charge in [-0.2, -0.15) is 0 Å². The van der Waals surface area contributed by atoms with Gasteiger partial charge in [-0.1, -0.05) is 32.9 Å². The Kier molecular flexibility index (Phi) is 4.81. The molecule has 1 N–H and O–H groups in total. The number of anilines is 1. The van der Waals surface area contributed by atoms with Crippen LogP contribution in [-0.4, -0.2) is 15.9 Å². The summed E-state index contributed by atoms with van der Waals surface area (Å²) in [6.07, 6.45) is 2.18. The number of rotatable bonds is 3. The molecule has 22 heavy (non-hydrogen) atoms. The normalized spacial score (nSPS) is 11.3. The molecule has 0 bridgehead atoms. The highest BCUT2D eigenvalue weighted by Gasteiger charge is 2.16. The Bertz CT molecular complexity index is 675. The molecule has 116 valence electrons. The maximum atomic E-state index is 11.9. The molecule has 0 fully saturated rings. The fourth-order valence-electron chi connectivity index (χ4n) is 2.11. The quantitative estimate of drug-likeness (QED) is 0.849. The molecule has 2 aromatic rings. The highest BCUT2D eigenvalue weighted by atomic mass is 35.5. The summed E-state index contributed by atoms with van der Waals surface area (Å²) in [5.74, 6) is 0.0153. The van der Waals surface area contributed by atoms with Crippen LogP contribution in [0.1, 0.15) is 32.8 Å². The first-order valence-corrected chi connectivity index (χ1v) is 7.52. The smallest absolute Gasteiger partial charge is 0.224 e. The molecule has 0 saturated heterocycles. The number of carbonyl (C=O) groups is 1. The van der Waals surface area contributed by atoms with Crippen molar-refractivity contribution in [3.8, 4) is 11.3 Å². The first-order chi connectivity index (χ1) is 10.2. The third-order valence-electron chi connectivity index (χ3n) is 3.08. The van der Waals surface area contributed by atoms with Gasteiger partial charge in [0.25, 0.3) is 0 Å². The molecule has 0 atom stereocenters. The Morgan fingerprint density at radius 3 is 2.45 bits per heavy atom. The van der Waals surface area contributed by atoms with E-state index in [2.05, 4.69) is 15.3 Å². The summed E-state index contributed by atoms with van der Waals surface area (Å²) in [5, 5.41) is 3.13. The lowest BCUT2D eigenvalue weighted by molar-refractivity contribution is -0.117. The Labute approximate surface area is 135 Å². The number of benzene rings is 1. The molecule has 1 aromatic heterocycles. The molecule has 0 unspecified atom stereocenters. The predicted molar refractivity (Wildman–Crippen MR) is 89.9 cm³/mol. The van der Waals surface area contributed by atoms with Gasteiger partial charge < -0.3 is 5.32 Å². The number of hydrogen-bond acceptors (Lipinski definition) is 3. The lowest BCUT2D eigenvalue weighted by Gasteiger charge is -2.17. The average molecular weight is 318 g/mol. The van der Waals surface area contributed by atoms with E-state index in [0.29, 0.717) is 6.42 Å². The van der Waals surface area contributed by atoms with Gasteiger partial charge in [-0.3, -0.25) is 4.79 Å². The zero-order valence-electron chi connectivity index (χ0n) is 13.3. The Balaban J connectivity index is 2.14. The molecule has 2 rings (SSSR count). The summed E-state index contributed by atoms with van der Waals surface area (Å²) in [5.41, 5.74) is 3.44. The van der Waals surface area contributed by atoms with Crippen molar-refractivity contribution >= 4 is 23.2 Å². The van der Waals surface area contributed by atoms with Crippen LogP contribution in [0.25, 0.3) is 11.3 Å². The van der Waals surface area contributed by atoms with Gasteiger partial charge in [0.15, 0.2) is 0 Å². The van der Waals surface area contributed by atoms with E-state index in [1.54, 1.807) is 6.20 Å².